The van der Waals surface area contributed by atoms with E-state index in [1.807, 2.05) is 0 Å². The van der Waals surface area contributed by atoms with E-state index in [0.717, 1.165) is 11.8 Å². The molecule has 2 aliphatic rings. The predicted octanol–water partition coefficient (Wildman–Crippen LogP) is 5.55. The third-order valence-corrected chi connectivity index (χ3v) is 5.56. The molecule has 1 aromatic carbocycles. The van der Waals surface area contributed by atoms with Crippen LogP contribution in [0, 0.1) is 18.8 Å². The van der Waals surface area contributed by atoms with E-state index in [9.17, 15) is 0 Å². The molecule has 0 saturated heterocycles. The lowest BCUT2D eigenvalue weighted by atomic mass is 9.71. The maximum absolute atomic E-state index is 3.90. The van der Waals surface area contributed by atoms with Gasteiger partial charge in [-0.05, 0) is 43.2 Å². The standard InChI is InChI=1S/C19H29N/c1-15-9-5-7-13-18(15)20-19-14-8-6-12-17(19)16-10-3-2-4-11-16/h5,7,9,13,16-17,19-20H,2-4,6,8,10-12,14H2,1H3. The average molecular weight is 271 g/mol. The molecule has 1 aromatic rings. The highest BCUT2D eigenvalue weighted by Gasteiger charge is 2.32. The Bertz CT molecular complexity index is 420. The minimum absolute atomic E-state index is 0.716. The summed E-state index contributed by atoms with van der Waals surface area (Å²) in [5, 5.41) is 3.90. The molecule has 0 aliphatic heterocycles. The van der Waals surface area contributed by atoms with Crippen LogP contribution >= 0.6 is 0 Å². The Kier molecular flexibility index (Phi) is 4.65. The topological polar surface area (TPSA) is 12.0 Å². The van der Waals surface area contributed by atoms with Crippen LogP contribution in [0.4, 0.5) is 5.69 Å². The zero-order valence-corrected chi connectivity index (χ0v) is 12.9. The maximum Gasteiger partial charge on any atom is 0.0372 e. The first kappa shape index (κ1) is 14.0. The van der Waals surface area contributed by atoms with Crippen molar-refractivity contribution in [2.24, 2.45) is 11.8 Å². The van der Waals surface area contributed by atoms with Crippen molar-refractivity contribution >= 4 is 5.69 Å². The minimum Gasteiger partial charge on any atom is -0.382 e. The van der Waals surface area contributed by atoms with Crippen LogP contribution in [0.3, 0.4) is 0 Å². The molecule has 0 amide bonds. The van der Waals surface area contributed by atoms with E-state index in [1.165, 1.54) is 69.0 Å². The first-order chi connectivity index (χ1) is 9.84. The Labute approximate surface area is 124 Å². The number of para-hydroxylation sites is 1. The molecule has 0 spiro atoms. The highest BCUT2D eigenvalue weighted by atomic mass is 14.9. The van der Waals surface area contributed by atoms with Gasteiger partial charge in [-0.3, -0.25) is 0 Å². The van der Waals surface area contributed by atoms with Gasteiger partial charge in [-0.1, -0.05) is 63.1 Å². The van der Waals surface area contributed by atoms with Crippen LogP contribution in [0.25, 0.3) is 0 Å². The van der Waals surface area contributed by atoms with E-state index in [-0.39, 0.29) is 0 Å². The number of aryl methyl sites for hydroxylation is 1. The lowest BCUT2D eigenvalue weighted by Crippen LogP contribution is -2.37. The largest absolute Gasteiger partial charge is 0.382 e. The van der Waals surface area contributed by atoms with E-state index in [0.29, 0.717) is 6.04 Å². The van der Waals surface area contributed by atoms with Crippen molar-refractivity contribution in [3.8, 4) is 0 Å². The van der Waals surface area contributed by atoms with Crippen molar-refractivity contribution in [1.82, 2.24) is 0 Å². The number of hydrogen-bond acceptors (Lipinski definition) is 1. The molecule has 20 heavy (non-hydrogen) atoms. The van der Waals surface area contributed by atoms with Gasteiger partial charge in [-0.25, -0.2) is 0 Å². The van der Waals surface area contributed by atoms with Crippen molar-refractivity contribution in [2.45, 2.75) is 70.8 Å². The lowest BCUT2D eigenvalue weighted by molar-refractivity contribution is 0.180. The summed E-state index contributed by atoms with van der Waals surface area (Å²) in [5.74, 6) is 1.91. The number of anilines is 1. The van der Waals surface area contributed by atoms with Gasteiger partial charge in [0.2, 0.25) is 0 Å². The second-order valence-electron chi connectivity index (χ2n) is 6.91. The summed E-state index contributed by atoms with van der Waals surface area (Å²) in [6.45, 7) is 2.22. The molecule has 1 nitrogen and oxygen atoms in total. The van der Waals surface area contributed by atoms with Gasteiger partial charge in [0.1, 0.15) is 0 Å². The molecular weight excluding hydrogens is 242 g/mol. The van der Waals surface area contributed by atoms with Gasteiger partial charge < -0.3 is 5.32 Å². The maximum atomic E-state index is 3.90. The van der Waals surface area contributed by atoms with Crippen LogP contribution in [0.2, 0.25) is 0 Å². The molecule has 2 atom stereocenters. The Balaban J connectivity index is 1.70. The summed E-state index contributed by atoms with van der Waals surface area (Å²) in [6.07, 6.45) is 13.1. The molecule has 0 radical (unpaired) electrons. The van der Waals surface area contributed by atoms with Gasteiger partial charge in [0, 0.05) is 11.7 Å². The second-order valence-corrected chi connectivity index (χ2v) is 6.91. The van der Waals surface area contributed by atoms with E-state index in [2.05, 4.69) is 36.5 Å². The quantitative estimate of drug-likeness (QED) is 0.760. The van der Waals surface area contributed by atoms with Crippen LogP contribution in [0.15, 0.2) is 24.3 Å². The van der Waals surface area contributed by atoms with Crippen molar-refractivity contribution in [3.05, 3.63) is 29.8 Å². The lowest BCUT2D eigenvalue weighted by Gasteiger charge is -2.40. The fourth-order valence-electron chi connectivity index (χ4n) is 4.40. The fourth-order valence-corrected chi connectivity index (χ4v) is 4.40. The molecule has 2 unspecified atom stereocenters. The fraction of sp³-hybridized carbons (Fsp3) is 0.684. The SMILES string of the molecule is Cc1ccccc1NC1CCCCC1C1CCCCC1. The number of nitrogens with one attached hydrogen (secondary N) is 1. The van der Waals surface area contributed by atoms with Crippen LogP contribution in [-0.2, 0) is 0 Å². The van der Waals surface area contributed by atoms with Crippen LogP contribution in [0.1, 0.15) is 63.4 Å². The Morgan fingerprint density at radius 3 is 2.35 bits per heavy atom. The summed E-state index contributed by atoms with van der Waals surface area (Å²) in [6, 6.07) is 9.49. The summed E-state index contributed by atoms with van der Waals surface area (Å²) >= 11 is 0. The minimum atomic E-state index is 0.716. The van der Waals surface area contributed by atoms with Crippen LogP contribution in [0.5, 0.6) is 0 Å². The highest BCUT2D eigenvalue weighted by molar-refractivity contribution is 5.51. The third-order valence-electron chi connectivity index (χ3n) is 5.56. The third kappa shape index (κ3) is 3.19. The molecule has 0 heterocycles. The monoisotopic (exact) mass is 271 g/mol. The summed E-state index contributed by atoms with van der Waals surface area (Å²) < 4.78 is 0. The summed E-state index contributed by atoms with van der Waals surface area (Å²) in [7, 11) is 0. The van der Waals surface area contributed by atoms with Gasteiger partial charge in [0.15, 0.2) is 0 Å². The van der Waals surface area contributed by atoms with E-state index >= 15 is 0 Å². The molecule has 2 aliphatic carbocycles. The molecule has 2 saturated carbocycles. The summed E-state index contributed by atoms with van der Waals surface area (Å²) in [4.78, 5) is 0. The Hall–Kier alpha value is -0.980. The van der Waals surface area contributed by atoms with Gasteiger partial charge in [-0.2, -0.15) is 0 Å². The molecule has 3 rings (SSSR count). The number of hydrogen-bond donors (Lipinski definition) is 1. The van der Waals surface area contributed by atoms with Crippen LogP contribution in [-0.4, -0.2) is 6.04 Å². The molecule has 110 valence electrons. The van der Waals surface area contributed by atoms with E-state index < -0.39 is 0 Å². The van der Waals surface area contributed by atoms with Crippen molar-refractivity contribution in [1.29, 1.82) is 0 Å². The van der Waals surface area contributed by atoms with Gasteiger partial charge >= 0.3 is 0 Å². The Morgan fingerprint density at radius 2 is 1.55 bits per heavy atom. The van der Waals surface area contributed by atoms with Gasteiger partial charge in [0.05, 0.1) is 0 Å². The molecular formula is C19H29N. The van der Waals surface area contributed by atoms with Crippen molar-refractivity contribution in [3.63, 3.8) is 0 Å². The van der Waals surface area contributed by atoms with E-state index in [1.54, 1.807) is 0 Å². The highest BCUT2D eigenvalue weighted by Crippen LogP contribution is 2.39. The van der Waals surface area contributed by atoms with Crippen molar-refractivity contribution in [2.75, 3.05) is 5.32 Å². The zero-order valence-electron chi connectivity index (χ0n) is 12.9. The first-order valence-electron chi connectivity index (χ1n) is 8.67. The van der Waals surface area contributed by atoms with Crippen LogP contribution < -0.4 is 5.32 Å². The smallest absolute Gasteiger partial charge is 0.0372 e. The van der Waals surface area contributed by atoms with Crippen molar-refractivity contribution < 1.29 is 0 Å². The predicted molar refractivity (Wildman–Crippen MR) is 87.1 cm³/mol. The molecule has 2 fully saturated rings. The molecule has 0 aromatic heterocycles. The average Bonchev–Trinajstić information content (AvgIpc) is 2.51. The van der Waals surface area contributed by atoms with E-state index in [4.69, 9.17) is 0 Å². The number of benzene rings is 1. The second kappa shape index (κ2) is 6.65. The normalized spacial score (nSPS) is 28.2. The zero-order chi connectivity index (χ0) is 13.8. The van der Waals surface area contributed by atoms with Gasteiger partial charge in [-0.15, -0.1) is 0 Å². The summed E-state index contributed by atoms with van der Waals surface area (Å²) in [5.41, 5.74) is 2.75. The van der Waals surface area contributed by atoms with Gasteiger partial charge in [0.25, 0.3) is 0 Å². The molecule has 1 heteroatoms. The molecule has 1 N–H and O–H groups in total. The first-order valence-corrected chi connectivity index (χ1v) is 8.67. The Morgan fingerprint density at radius 1 is 0.850 bits per heavy atom. The number of rotatable bonds is 3. The molecule has 0 bridgehead atoms.